The third-order valence-corrected chi connectivity index (χ3v) is 8.58. The fourth-order valence-corrected chi connectivity index (χ4v) is 5.93. The highest BCUT2D eigenvalue weighted by molar-refractivity contribution is 7.98. The zero-order valence-electron chi connectivity index (χ0n) is 22.9. The highest BCUT2D eigenvalue weighted by atomic mass is 35.5. The molecular formula is C32H36ClN4O2S. The van der Waals surface area contributed by atoms with E-state index in [0.29, 0.717) is 49.7 Å². The lowest BCUT2D eigenvalue weighted by Gasteiger charge is -2.41. The maximum absolute atomic E-state index is 14.1. The Balaban J connectivity index is 1.29. The molecule has 1 radical (unpaired) electrons. The van der Waals surface area contributed by atoms with Crippen LogP contribution in [-0.4, -0.2) is 72.4 Å². The van der Waals surface area contributed by atoms with E-state index in [1.54, 1.807) is 11.8 Å². The molecule has 0 bridgehead atoms. The highest BCUT2D eigenvalue weighted by Gasteiger charge is 2.34. The fourth-order valence-electron chi connectivity index (χ4n) is 5.50. The van der Waals surface area contributed by atoms with E-state index in [4.69, 9.17) is 11.6 Å². The first-order valence-electron chi connectivity index (χ1n) is 13.8. The van der Waals surface area contributed by atoms with Gasteiger partial charge in [-0.25, -0.2) is 0 Å². The van der Waals surface area contributed by atoms with E-state index in [0.717, 1.165) is 30.0 Å². The summed E-state index contributed by atoms with van der Waals surface area (Å²) in [5.74, 6) is 0.978. The molecule has 6 nitrogen and oxygen atoms in total. The fraction of sp³-hybridized carbons (Fsp3) is 0.344. The zero-order valence-corrected chi connectivity index (χ0v) is 24.5. The van der Waals surface area contributed by atoms with Crippen LogP contribution in [0.2, 0.25) is 5.02 Å². The van der Waals surface area contributed by atoms with E-state index in [1.165, 1.54) is 11.1 Å². The van der Waals surface area contributed by atoms with Gasteiger partial charge in [0.05, 0.1) is 11.6 Å². The van der Waals surface area contributed by atoms with E-state index >= 15 is 0 Å². The van der Waals surface area contributed by atoms with Crippen molar-refractivity contribution in [2.75, 3.05) is 49.6 Å². The summed E-state index contributed by atoms with van der Waals surface area (Å²) in [5, 5.41) is 3.72. The lowest BCUT2D eigenvalue weighted by atomic mass is 9.95. The van der Waals surface area contributed by atoms with Crippen molar-refractivity contribution >= 4 is 40.9 Å². The van der Waals surface area contributed by atoms with Gasteiger partial charge in [0, 0.05) is 62.3 Å². The van der Waals surface area contributed by atoms with Crippen LogP contribution < -0.4 is 10.2 Å². The number of para-hydroxylation sites is 1. The van der Waals surface area contributed by atoms with E-state index in [2.05, 4.69) is 45.9 Å². The van der Waals surface area contributed by atoms with Gasteiger partial charge in [-0.05, 0) is 60.1 Å². The number of benzene rings is 3. The first kappa shape index (κ1) is 28.5. The number of halogens is 1. The molecule has 2 heterocycles. The summed E-state index contributed by atoms with van der Waals surface area (Å²) in [6.07, 6.45) is 3.47. The molecule has 0 saturated carbocycles. The summed E-state index contributed by atoms with van der Waals surface area (Å²) in [4.78, 5) is 33.4. The number of hydrogen-bond acceptors (Lipinski definition) is 5. The van der Waals surface area contributed by atoms with E-state index in [9.17, 15) is 9.59 Å². The molecule has 8 heteroatoms. The number of carbonyl (C=O) groups excluding carboxylic acids is 2. The van der Waals surface area contributed by atoms with Crippen molar-refractivity contribution in [3.63, 3.8) is 0 Å². The maximum atomic E-state index is 14.1. The standard InChI is InChI=1S/C32H36ClN4O2S/c1-40-21-15-34-31(38)28-8-4-5-9-29(28)35-17-19-36(20-18-35)32(39)30(22-24-10-12-27(33)13-11-24)37-16-14-25-6-2-3-7-26(25)23-37/h2-13,16,30H,14-15,17-23H2,1H3,(H,34,38)/t30-/m1/s1. The Morgan fingerprint density at radius 2 is 1.62 bits per heavy atom. The van der Waals surface area contributed by atoms with Gasteiger partial charge in [0.25, 0.3) is 5.91 Å². The van der Waals surface area contributed by atoms with Gasteiger partial charge in [0.1, 0.15) is 0 Å². The second-order valence-electron chi connectivity index (χ2n) is 10.3. The Hall–Kier alpha value is -3.00. The van der Waals surface area contributed by atoms with Crippen LogP contribution in [0.5, 0.6) is 0 Å². The number of amides is 2. The Morgan fingerprint density at radius 3 is 2.38 bits per heavy atom. The lowest BCUT2D eigenvalue weighted by molar-refractivity contribution is -0.137. The number of anilines is 1. The number of nitrogens with zero attached hydrogens (tertiary/aromatic N) is 3. The molecule has 2 amide bonds. The molecule has 2 aliphatic heterocycles. The highest BCUT2D eigenvalue weighted by Crippen LogP contribution is 2.27. The number of rotatable bonds is 9. The molecule has 0 aliphatic carbocycles. The molecule has 2 aliphatic rings. The second kappa shape index (κ2) is 13.6. The maximum Gasteiger partial charge on any atom is 0.253 e. The average Bonchev–Trinajstić information content (AvgIpc) is 3.00. The average molecular weight is 576 g/mol. The molecule has 0 aromatic heterocycles. The van der Waals surface area contributed by atoms with E-state index in [-0.39, 0.29) is 17.9 Å². The third-order valence-electron chi connectivity index (χ3n) is 7.72. The van der Waals surface area contributed by atoms with Gasteiger partial charge < -0.3 is 15.1 Å². The van der Waals surface area contributed by atoms with E-state index in [1.807, 2.05) is 59.7 Å². The van der Waals surface area contributed by atoms with Crippen LogP contribution in [0.3, 0.4) is 0 Å². The molecule has 0 unspecified atom stereocenters. The summed E-state index contributed by atoms with van der Waals surface area (Å²) in [5.41, 5.74) is 5.30. The third kappa shape index (κ3) is 6.82. The number of nitrogens with one attached hydrogen (secondary N) is 1. The van der Waals surface area contributed by atoms with Crippen molar-refractivity contribution in [3.8, 4) is 0 Å². The minimum atomic E-state index is -0.296. The van der Waals surface area contributed by atoms with E-state index < -0.39 is 0 Å². The summed E-state index contributed by atoms with van der Waals surface area (Å²) < 4.78 is 0. The molecular weight excluding hydrogens is 540 g/mol. The van der Waals surface area contributed by atoms with Crippen LogP contribution in [0.1, 0.15) is 27.0 Å². The molecule has 1 saturated heterocycles. The monoisotopic (exact) mass is 575 g/mol. The summed E-state index contributed by atoms with van der Waals surface area (Å²) >= 11 is 7.85. The summed E-state index contributed by atoms with van der Waals surface area (Å²) in [7, 11) is 0. The number of piperazine rings is 1. The molecule has 3 aromatic carbocycles. The Kier molecular flexibility index (Phi) is 9.68. The second-order valence-corrected chi connectivity index (χ2v) is 11.7. The number of fused-ring (bicyclic) bond motifs is 1. The smallest absolute Gasteiger partial charge is 0.253 e. The minimum absolute atomic E-state index is 0.0490. The van der Waals surface area contributed by atoms with Crippen molar-refractivity contribution in [2.24, 2.45) is 0 Å². The van der Waals surface area contributed by atoms with Crippen molar-refractivity contribution in [2.45, 2.75) is 25.4 Å². The molecule has 1 N–H and O–H groups in total. The van der Waals surface area contributed by atoms with Crippen molar-refractivity contribution in [3.05, 3.63) is 107 Å². The van der Waals surface area contributed by atoms with Crippen molar-refractivity contribution in [1.82, 2.24) is 15.1 Å². The van der Waals surface area contributed by atoms with Gasteiger partial charge in [-0.15, -0.1) is 0 Å². The molecule has 0 spiro atoms. The van der Waals surface area contributed by atoms with Crippen LogP contribution in [0.25, 0.3) is 0 Å². The predicted molar refractivity (Wildman–Crippen MR) is 165 cm³/mol. The SMILES string of the molecule is CSCCNC(=O)c1ccccc1N1CCN(C(=O)[C@@H](Cc2ccc(Cl)cc2)N2[CH]Cc3ccccc3C2)CC1. The van der Waals surface area contributed by atoms with Crippen LogP contribution in [0.4, 0.5) is 5.69 Å². The van der Waals surface area contributed by atoms with Crippen LogP contribution in [0.15, 0.2) is 72.8 Å². The van der Waals surface area contributed by atoms with Gasteiger partial charge in [-0.1, -0.05) is 60.1 Å². The summed E-state index contributed by atoms with van der Waals surface area (Å²) in [6.45, 7) is 6.14. The molecule has 40 heavy (non-hydrogen) atoms. The van der Waals surface area contributed by atoms with Gasteiger partial charge in [0.15, 0.2) is 0 Å². The largest absolute Gasteiger partial charge is 0.367 e. The lowest BCUT2D eigenvalue weighted by Crippen LogP contribution is -2.55. The molecule has 209 valence electrons. The first-order chi connectivity index (χ1) is 19.5. The number of hydrogen-bond donors (Lipinski definition) is 1. The normalized spacial score (nSPS) is 16.4. The van der Waals surface area contributed by atoms with Crippen LogP contribution in [-0.2, 0) is 24.2 Å². The van der Waals surface area contributed by atoms with Gasteiger partial charge in [-0.3, -0.25) is 14.5 Å². The van der Waals surface area contributed by atoms with Crippen LogP contribution in [0, 0.1) is 6.54 Å². The Labute approximate surface area is 246 Å². The van der Waals surface area contributed by atoms with Crippen LogP contribution >= 0.6 is 23.4 Å². The van der Waals surface area contributed by atoms with Crippen molar-refractivity contribution < 1.29 is 9.59 Å². The summed E-state index contributed by atoms with van der Waals surface area (Å²) in [6, 6.07) is 23.7. The molecule has 1 atom stereocenters. The van der Waals surface area contributed by atoms with Gasteiger partial charge in [0.2, 0.25) is 5.91 Å². The van der Waals surface area contributed by atoms with Crippen molar-refractivity contribution in [1.29, 1.82) is 0 Å². The molecule has 5 rings (SSSR count). The number of thioether (sulfide) groups is 1. The Bertz CT molecular complexity index is 1310. The molecule has 3 aromatic rings. The van der Waals surface area contributed by atoms with Gasteiger partial charge in [-0.2, -0.15) is 11.8 Å². The first-order valence-corrected chi connectivity index (χ1v) is 15.6. The number of carbonyl (C=O) groups is 2. The predicted octanol–water partition coefficient (Wildman–Crippen LogP) is 4.91. The zero-order chi connectivity index (χ0) is 27.9. The topological polar surface area (TPSA) is 55.9 Å². The minimum Gasteiger partial charge on any atom is -0.367 e. The van der Waals surface area contributed by atoms with Gasteiger partial charge >= 0.3 is 0 Å². The quantitative estimate of drug-likeness (QED) is 0.367. The molecule has 1 fully saturated rings. The Morgan fingerprint density at radius 1 is 0.925 bits per heavy atom.